The van der Waals surface area contributed by atoms with Crippen molar-refractivity contribution in [3.63, 3.8) is 0 Å². The van der Waals surface area contributed by atoms with E-state index >= 15 is 0 Å². The van der Waals surface area contributed by atoms with Gasteiger partial charge in [-0.25, -0.2) is 0 Å². The molecule has 0 fully saturated rings. The Morgan fingerprint density at radius 2 is 2.18 bits per heavy atom. The van der Waals surface area contributed by atoms with Crippen LogP contribution in [0, 0.1) is 0 Å². The van der Waals surface area contributed by atoms with Crippen LogP contribution in [0.25, 0.3) is 0 Å². The van der Waals surface area contributed by atoms with E-state index in [1.165, 1.54) is 21.8 Å². The standard InChI is InChI=1S/C12H16N2O2S/c1-14(2)11(15)7-13-12(16)10-6-8-4-3-5-9(8)17-10/h6H,3-5,7H2,1-2H3,(H,13,16). The van der Waals surface area contributed by atoms with Crippen LogP contribution in [0.3, 0.4) is 0 Å². The molecule has 2 amide bonds. The molecule has 0 saturated carbocycles. The van der Waals surface area contributed by atoms with Gasteiger partial charge in [0.15, 0.2) is 0 Å². The number of aryl methyl sites for hydroxylation is 2. The third-order valence-electron chi connectivity index (χ3n) is 2.87. The molecule has 1 heterocycles. The first-order valence-corrected chi connectivity index (χ1v) is 6.49. The van der Waals surface area contributed by atoms with Crippen molar-refractivity contribution in [3.8, 4) is 0 Å². The van der Waals surface area contributed by atoms with Crippen LogP contribution in [-0.2, 0) is 17.6 Å². The minimum Gasteiger partial charge on any atom is -0.347 e. The predicted octanol–water partition coefficient (Wildman–Crippen LogP) is 1.05. The molecule has 1 aromatic heterocycles. The van der Waals surface area contributed by atoms with E-state index in [0.29, 0.717) is 0 Å². The van der Waals surface area contributed by atoms with Gasteiger partial charge in [-0.2, -0.15) is 0 Å². The van der Waals surface area contributed by atoms with Gasteiger partial charge in [-0.15, -0.1) is 11.3 Å². The van der Waals surface area contributed by atoms with Gasteiger partial charge in [-0.05, 0) is 30.9 Å². The van der Waals surface area contributed by atoms with E-state index in [4.69, 9.17) is 0 Å². The molecular formula is C12H16N2O2S. The predicted molar refractivity (Wildman–Crippen MR) is 67.4 cm³/mol. The Balaban J connectivity index is 1.93. The van der Waals surface area contributed by atoms with Gasteiger partial charge in [0.1, 0.15) is 0 Å². The van der Waals surface area contributed by atoms with Gasteiger partial charge in [0.2, 0.25) is 5.91 Å². The fourth-order valence-corrected chi connectivity index (χ4v) is 3.01. The van der Waals surface area contributed by atoms with Crippen molar-refractivity contribution >= 4 is 23.2 Å². The van der Waals surface area contributed by atoms with Crippen LogP contribution in [0.15, 0.2) is 6.07 Å². The first-order chi connectivity index (χ1) is 8.08. The number of hydrogen-bond acceptors (Lipinski definition) is 3. The zero-order valence-electron chi connectivity index (χ0n) is 10.1. The van der Waals surface area contributed by atoms with Gasteiger partial charge in [-0.1, -0.05) is 0 Å². The molecule has 2 rings (SSSR count). The highest BCUT2D eigenvalue weighted by Gasteiger charge is 2.18. The van der Waals surface area contributed by atoms with E-state index in [1.54, 1.807) is 25.4 Å². The Labute approximate surface area is 105 Å². The molecule has 0 radical (unpaired) electrons. The zero-order chi connectivity index (χ0) is 12.4. The lowest BCUT2D eigenvalue weighted by Gasteiger charge is -2.10. The van der Waals surface area contributed by atoms with Crippen molar-refractivity contribution in [3.05, 3.63) is 21.4 Å². The maximum Gasteiger partial charge on any atom is 0.261 e. The first kappa shape index (κ1) is 12.1. The maximum atomic E-state index is 11.8. The maximum absolute atomic E-state index is 11.8. The first-order valence-electron chi connectivity index (χ1n) is 5.68. The van der Waals surface area contributed by atoms with Crippen molar-refractivity contribution in [1.82, 2.24) is 10.2 Å². The molecule has 4 nitrogen and oxygen atoms in total. The summed E-state index contributed by atoms with van der Waals surface area (Å²) in [5.41, 5.74) is 1.30. The van der Waals surface area contributed by atoms with Gasteiger partial charge in [0, 0.05) is 19.0 Å². The second kappa shape index (κ2) is 4.87. The average Bonchev–Trinajstić information content (AvgIpc) is 2.84. The summed E-state index contributed by atoms with van der Waals surface area (Å²) in [6.45, 7) is 0.0639. The SMILES string of the molecule is CN(C)C(=O)CNC(=O)c1cc2c(s1)CCC2. The van der Waals surface area contributed by atoms with E-state index in [2.05, 4.69) is 5.32 Å². The van der Waals surface area contributed by atoms with Gasteiger partial charge >= 0.3 is 0 Å². The third kappa shape index (κ3) is 2.66. The summed E-state index contributed by atoms with van der Waals surface area (Å²) in [6, 6.07) is 1.96. The van der Waals surface area contributed by atoms with Crippen LogP contribution in [-0.4, -0.2) is 37.4 Å². The monoisotopic (exact) mass is 252 g/mol. The summed E-state index contributed by atoms with van der Waals surface area (Å²) >= 11 is 1.55. The summed E-state index contributed by atoms with van der Waals surface area (Å²) in [4.78, 5) is 26.7. The van der Waals surface area contributed by atoms with E-state index in [9.17, 15) is 9.59 Å². The molecule has 17 heavy (non-hydrogen) atoms. The lowest BCUT2D eigenvalue weighted by molar-refractivity contribution is -0.127. The molecule has 0 aromatic carbocycles. The van der Waals surface area contributed by atoms with Crippen molar-refractivity contribution < 1.29 is 9.59 Å². The van der Waals surface area contributed by atoms with Crippen molar-refractivity contribution in [2.24, 2.45) is 0 Å². The van der Waals surface area contributed by atoms with Gasteiger partial charge in [-0.3, -0.25) is 9.59 Å². The van der Waals surface area contributed by atoms with Crippen molar-refractivity contribution in [2.75, 3.05) is 20.6 Å². The number of carbonyl (C=O) groups excluding carboxylic acids is 2. The summed E-state index contributed by atoms with van der Waals surface area (Å²) in [5.74, 6) is -0.234. The summed E-state index contributed by atoms with van der Waals surface area (Å²) in [5, 5.41) is 2.65. The van der Waals surface area contributed by atoms with Crippen LogP contribution in [0.5, 0.6) is 0 Å². The van der Waals surface area contributed by atoms with Crippen molar-refractivity contribution in [2.45, 2.75) is 19.3 Å². The van der Waals surface area contributed by atoms with E-state index in [1.807, 2.05) is 6.07 Å². The number of nitrogens with one attached hydrogen (secondary N) is 1. The number of nitrogens with zero attached hydrogens (tertiary/aromatic N) is 1. The number of likely N-dealkylation sites (N-methyl/N-ethyl adjacent to an activating group) is 1. The Morgan fingerprint density at radius 1 is 1.41 bits per heavy atom. The second-order valence-electron chi connectivity index (χ2n) is 4.38. The van der Waals surface area contributed by atoms with Gasteiger partial charge < -0.3 is 10.2 Å². The number of rotatable bonds is 3. The number of carbonyl (C=O) groups is 2. The Bertz CT molecular complexity index is 430. The smallest absolute Gasteiger partial charge is 0.261 e. The molecule has 0 saturated heterocycles. The molecular weight excluding hydrogens is 236 g/mol. The summed E-state index contributed by atoms with van der Waals surface area (Å²) in [6.07, 6.45) is 3.36. The molecule has 1 N–H and O–H groups in total. The lowest BCUT2D eigenvalue weighted by Crippen LogP contribution is -2.35. The number of amides is 2. The molecule has 0 atom stereocenters. The Morgan fingerprint density at radius 3 is 2.82 bits per heavy atom. The second-order valence-corrected chi connectivity index (χ2v) is 5.52. The fraction of sp³-hybridized carbons (Fsp3) is 0.500. The van der Waals surface area contributed by atoms with Crippen LogP contribution < -0.4 is 5.32 Å². The Hall–Kier alpha value is -1.36. The average molecular weight is 252 g/mol. The van der Waals surface area contributed by atoms with Gasteiger partial charge in [0.05, 0.1) is 11.4 Å². The van der Waals surface area contributed by atoms with E-state index < -0.39 is 0 Å². The fourth-order valence-electron chi connectivity index (χ4n) is 1.84. The lowest BCUT2D eigenvalue weighted by atomic mass is 10.2. The third-order valence-corrected chi connectivity index (χ3v) is 4.11. The minimum atomic E-state index is -0.139. The quantitative estimate of drug-likeness (QED) is 0.874. The normalized spacial score (nSPS) is 13.3. The minimum absolute atomic E-state index is 0.0639. The molecule has 1 aliphatic carbocycles. The summed E-state index contributed by atoms with van der Waals surface area (Å²) in [7, 11) is 3.35. The molecule has 1 aliphatic rings. The molecule has 0 bridgehead atoms. The van der Waals surface area contributed by atoms with Crippen LogP contribution in [0.2, 0.25) is 0 Å². The van der Waals surface area contributed by atoms with Crippen molar-refractivity contribution in [1.29, 1.82) is 0 Å². The van der Waals surface area contributed by atoms with E-state index in [-0.39, 0.29) is 18.4 Å². The molecule has 0 spiro atoms. The van der Waals surface area contributed by atoms with Gasteiger partial charge in [0.25, 0.3) is 5.91 Å². The highest BCUT2D eigenvalue weighted by atomic mass is 32.1. The molecule has 0 unspecified atom stereocenters. The zero-order valence-corrected chi connectivity index (χ0v) is 10.9. The number of fused-ring (bicyclic) bond motifs is 1. The van der Waals surface area contributed by atoms with Crippen LogP contribution >= 0.6 is 11.3 Å². The molecule has 1 aromatic rings. The molecule has 0 aliphatic heterocycles. The van der Waals surface area contributed by atoms with Crippen LogP contribution in [0.1, 0.15) is 26.5 Å². The number of hydrogen-bond donors (Lipinski definition) is 1. The highest BCUT2D eigenvalue weighted by Crippen LogP contribution is 2.30. The number of thiophene rings is 1. The topological polar surface area (TPSA) is 49.4 Å². The largest absolute Gasteiger partial charge is 0.347 e. The molecule has 5 heteroatoms. The molecule has 92 valence electrons. The van der Waals surface area contributed by atoms with Crippen LogP contribution in [0.4, 0.5) is 0 Å². The Kier molecular flexibility index (Phi) is 3.47. The van der Waals surface area contributed by atoms with E-state index in [0.717, 1.165) is 17.7 Å². The summed E-state index contributed by atoms with van der Waals surface area (Å²) < 4.78 is 0. The highest BCUT2D eigenvalue weighted by molar-refractivity contribution is 7.14.